The molecule has 4 nitrogen and oxygen atoms in total. The van der Waals surface area contributed by atoms with Gasteiger partial charge in [0, 0.05) is 32.1 Å². The average Bonchev–Trinajstić information content (AvgIpc) is 3.29. The first-order valence-electron chi connectivity index (χ1n) is 11.4. The molecule has 0 spiro atoms. The Morgan fingerprint density at radius 2 is 1.61 bits per heavy atom. The van der Waals surface area contributed by atoms with Crippen LogP contribution in [-0.2, 0) is 22.4 Å². The van der Waals surface area contributed by atoms with Crippen LogP contribution in [0.5, 0.6) is 0 Å². The number of aryl methyl sites for hydroxylation is 1. The van der Waals surface area contributed by atoms with Gasteiger partial charge in [0.15, 0.2) is 0 Å². The lowest BCUT2D eigenvalue weighted by molar-refractivity contribution is -0.133. The van der Waals surface area contributed by atoms with Crippen LogP contribution in [-0.4, -0.2) is 36.9 Å². The van der Waals surface area contributed by atoms with Gasteiger partial charge >= 0.3 is 0 Å². The molecule has 4 rings (SSSR count). The van der Waals surface area contributed by atoms with E-state index in [9.17, 15) is 14.0 Å². The molecule has 1 heterocycles. The molecule has 5 heteroatoms. The van der Waals surface area contributed by atoms with E-state index in [4.69, 9.17) is 0 Å². The number of benzene rings is 3. The minimum atomic E-state index is -0.738. The van der Waals surface area contributed by atoms with E-state index in [1.807, 2.05) is 65.6 Å². The zero-order valence-corrected chi connectivity index (χ0v) is 18.9. The van der Waals surface area contributed by atoms with E-state index in [2.05, 4.69) is 5.32 Å². The first-order valence-corrected chi connectivity index (χ1v) is 11.4. The topological polar surface area (TPSA) is 49.4 Å². The Morgan fingerprint density at radius 3 is 2.33 bits per heavy atom. The third-order valence-corrected chi connectivity index (χ3v) is 6.60. The van der Waals surface area contributed by atoms with Crippen LogP contribution in [0.3, 0.4) is 0 Å². The molecule has 0 aliphatic carbocycles. The number of nitrogens with zero attached hydrogens (tertiary/aromatic N) is 1. The van der Waals surface area contributed by atoms with E-state index in [1.54, 1.807) is 19.2 Å². The minimum Gasteiger partial charge on any atom is -0.359 e. The molecular formula is C28H29FN2O2. The summed E-state index contributed by atoms with van der Waals surface area (Å²) < 4.78 is 14.5. The van der Waals surface area contributed by atoms with Gasteiger partial charge in [-0.15, -0.1) is 0 Å². The zero-order chi connectivity index (χ0) is 23.3. The predicted octanol–water partition coefficient (Wildman–Crippen LogP) is 4.63. The predicted molar refractivity (Wildman–Crippen MR) is 128 cm³/mol. The van der Waals surface area contributed by atoms with Crippen LogP contribution in [0.25, 0.3) is 11.1 Å². The summed E-state index contributed by atoms with van der Waals surface area (Å²) in [6, 6.07) is 24.3. The van der Waals surface area contributed by atoms with Gasteiger partial charge in [0.25, 0.3) is 0 Å². The molecule has 1 saturated heterocycles. The number of carbonyl (C=O) groups excluding carboxylic acids is 2. The molecule has 0 saturated carbocycles. The van der Waals surface area contributed by atoms with Crippen LogP contribution in [0.2, 0.25) is 0 Å². The maximum atomic E-state index is 14.5. The Bertz CT molecular complexity index is 1130. The van der Waals surface area contributed by atoms with Crippen molar-refractivity contribution >= 4 is 11.8 Å². The maximum Gasteiger partial charge on any atom is 0.228 e. The van der Waals surface area contributed by atoms with Gasteiger partial charge in [-0.3, -0.25) is 9.59 Å². The molecule has 1 aliphatic rings. The SMILES string of the molecule is CNC(=O)[C@]1(Cc2ccccc2-c2ccccc2F)CCN(C(=O)CCc2ccccc2)C1. The molecule has 1 aliphatic heterocycles. The Labute approximate surface area is 194 Å². The highest BCUT2D eigenvalue weighted by atomic mass is 19.1. The average molecular weight is 445 g/mol. The van der Waals surface area contributed by atoms with E-state index in [0.717, 1.165) is 16.7 Å². The molecule has 0 aromatic heterocycles. The maximum absolute atomic E-state index is 14.5. The van der Waals surface area contributed by atoms with E-state index in [0.29, 0.717) is 44.3 Å². The van der Waals surface area contributed by atoms with Crippen LogP contribution in [0.4, 0.5) is 4.39 Å². The van der Waals surface area contributed by atoms with Gasteiger partial charge in [0.2, 0.25) is 11.8 Å². The summed E-state index contributed by atoms with van der Waals surface area (Å²) in [5.41, 5.74) is 2.60. The van der Waals surface area contributed by atoms with Gasteiger partial charge in [0.1, 0.15) is 5.82 Å². The summed E-state index contributed by atoms with van der Waals surface area (Å²) in [7, 11) is 1.63. The number of halogens is 1. The van der Waals surface area contributed by atoms with Crippen LogP contribution >= 0.6 is 0 Å². The monoisotopic (exact) mass is 444 g/mol. The van der Waals surface area contributed by atoms with Gasteiger partial charge in [0.05, 0.1) is 5.41 Å². The zero-order valence-electron chi connectivity index (χ0n) is 18.9. The van der Waals surface area contributed by atoms with Crippen molar-refractivity contribution in [2.75, 3.05) is 20.1 Å². The lowest BCUT2D eigenvalue weighted by atomic mass is 9.78. The van der Waals surface area contributed by atoms with Crippen molar-refractivity contribution in [2.24, 2.45) is 5.41 Å². The molecule has 170 valence electrons. The van der Waals surface area contributed by atoms with Crippen LogP contribution in [0.1, 0.15) is 24.0 Å². The third kappa shape index (κ3) is 4.98. The molecule has 0 unspecified atom stereocenters. The van der Waals surface area contributed by atoms with Crippen molar-refractivity contribution in [1.82, 2.24) is 10.2 Å². The van der Waals surface area contributed by atoms with Gasteiger partial charge < -0.3 is 10.2 Å². The van der Waals surface area contributed by atoms with Crippen molar-refractivity contribution in [1.29, 1.82) is 0 Å². The number of likely N-dealkylation sites (tertiary alicyclic amines) is 1. The Hall–Kier alpha value is -3.47. The summed E-state index contributed by atoms with van der Waals surface area (Å²) in [5.74, 6) is -0.306. The number of hydrogen-bond donors (Lipinski definition) is 1. The largest absolute Gasteiger partial charge is 0.359 e. The molecule has 0 bridgehead atoms. The Morgan fingerprint density at radius 1 is 0.939 bits per heavy atom. The highest BCUT2D eigenvalue weighted by molar-refractivity contribution is 5.86. The molecule has 3 aromatic rings. The standard InChI is InChI=1S/C28H29FN2O2/c1-30-27(33)28(17-18-31(20-28)26(32)16-15-21-9-3-2-4-10-21)19-22-11-5-6-12-23(22)24-13-7-8-14-25(24)29/h2-14H,15-20H2,1H3,(H,30,33)/t28-/m0/s1. The van der Waals surface area contributed by atoms with Crippen LogP contribution in [0.15, 0.2) is 78.9 Å². The first kappa shape index (κ1) is 22.7. The lowest BCUT2D eigenvalue weighted by Gasteiger charge is -2.29. The quantitative estimate of drug-likeness (QED) is 0.578. The van der Waals surface area contributed by atoms with Crippen molar-refractivity contribution < 1.29 is 14.0 Å². The second kappa shape index (κ2) is 9.99. The second-order valence-corrected chi connectivity index (χ2v) is 8.72. The Balaban J connectivity index is 1.55. The normalized spacial score (nSPS) is 17.7. The Kier molecular flexibility index (Phi) is 6.87. The fourth-order valence-electron chi connectivity index (χ4n) is 4.80. The lowest BCUT2D eigenvalue weighted by Crippen LogP contribution is -2.44. The van der Waals surface area contributed by atoms with Gasteiger partial charge in [-0.1, -0.05) is 72.8 Å². The molecule has 3 aromatic carbocycles. The number of nitrogens with one attached hydrogen (secondary N) is 1. The number of rotatable bonds is 7. The molecule has 2 amide bonds. The number of amides is 2. The highest BCUT2D eigenvalue weighted by Gasteiger charge is 2.45. The van der Waals surface area contributed by atoms with Gasteiger partial charge in [-0.05, 0) is 42.0 Å². The van der Waals surface area contributed by atoms with E-state index >= 15 is 0 Å². The molecular weight excluding hydrogens is 415 g/mol. The van der Waals surface area contributed by atoms with Crippen molar-refractivity contribution in [3.63, 3.8) is 0 Å². The summed E-state index contributed by atoms with van der Waals surface area (Å²) in [4.78, 5) is 27.8. The summed E-state index contributed by atoms with van der Waals surface area (Å²) in [6.45, 7) is 0.912. The van der Waals surface area contributed by atoms with Crippen molar-refractivity contribution in [3.05, 3.63) is 95.8 Å². The van der Waals surface area contributed by atoms with Crippen molar-refractivity contribution in [2.45, 2.75) is 25.7 Å². The van der Waals surface area contributed by atoms with E-state index < -0.39 is 5.41 Å². The number of carbonyl (C=O) groups is 2. The summed E-state index contributed by atoms with van der Waals surface area (Å²) >= 11 is 0. The van der Waals surface area contributed by atoms with Gasteiger partial charge in [-0.25, -0.2) is 4.39 Å². The van der Waals surface area contributed by atoms with E-state index in [-0.39, 0.29) is 17.6 Å². The van der Waals surface area contributed by atoms with Crippen molar-refractivity contribution in [3.8, 4) is 11.1 Å². The number of hydrogen-bond acceptors (Lipinski definition) is 2. The van der Waals surface area contributed by atoms with Crippen LogP contribution < -0.4 is 5.32 Å². The first-order chi connectivity index (χ1) is 16.0. The fourth-order valence-corrected chi connectivity index (χ4v) is 4.80. The molecule has 1 N–H and O–H groups in total. The fraction of sp³-hybridized carbons (Fsp3) is 0.286. The smallest absolute Gasteiger partial charge is 0.228 e. The van der Waals surface area contributed by atoms with Gasteiger partial charge in [-0.2, -0.15) is 0 Å². The van der Waals surface area contributed by atoms with Crippen LogP contribution in [0, 0.1) is 11.2 Å². The molecule has 1 fully saturated rings. The van der Waals surface area contributed by atoms with E-state index in [1.165, 1.54) is 6.07 Å². The molecule has 1 atom stereocenters. The third-order valence-electron chi connectivity index (χ3n) is 6.60. The molecule has 33 heavy (non-hydrogen) atoms. The minimum absolute atomic E-state index is 0.0621. The molecule has 0 radical (unpaired) electrons. The summed E-state index contributed by atoms with van der Waals surface area (Å²) in [6.07, 6.45) is 2.12. The summed E-state index contributed by atoms with van der Waals surface area (Å²) in [5, 5.41) is 2.80. The second-order valence-electron chi connectivity index (χ2n) is 8.72. The highest BCUT2D eigenvalue weighted by Crippen LogP contribution is 2.38.